The Morgan fingerprint density at radius 3 is 1.64 bits per heavy atom. The fourth-order valence-electron chi connectivity index (χ4n) is 2.42. The van der Waals surface area contributed by atoms with E-state index in [0.717, 1.165) is 5.25 Å². The molecule has 0 aromatic carbocycles. The van der Waals surface area contributed by atoms with Gasteiger partial charge in [0.25, 0.3) is 0 Å². The second-order valence-electron chi connectivity index (χ2n) is 5.02. The number of rotatable bonds is 1. The molecule has 0 unspecified atom stereocenters. The maximum atomic E-state index is 3.98. The molecule has 0 aliphatic heterocycles. The normalized spacial score (nSPS) is 29.2. The Balaban J connectivity index is 2.80. The molecule has 1 aliphatic rings. The molecule has 0 aromatic rings. The summed E-state index contributed by atoms with van der Waals surface area (Å²) in [6.45, 7) is 9.46. The van der Waals surface area contributed by atoms with Gasteiger partial charge in [-0.15, -0.1) is 0 Å². The smallest absolute Gasteiger partial charge is 0.0150 e. The fraction of sp³-hybridized carbons (Fsp3) is 0.900. The van der Waals surface area contributed by atoms with Gasteiger partial charge >= 0.3 is 0 Å². The zero-order valence-corrected chi connectivity index (χ0v) is 8.92. The molecule has 1 heteroatoms. The highest BCUT2D eigenvalue weighted by Crippen LogP contribution is 2.54. The molecular formula is C10H19S. The summed E-state index contributed by atoms with van der Waals surface area (Å²) in [7, 11) is 0. The molecule has 0 amide bonds. The first-order chi connectivity index (χ1) is 4.90. The molecule has 1 fully saturated rings. The average Bonchev–Trinajstić information content (AvgIpc) is 2.03. The van der Waals surface area contributed by atoms with Crippen LogP contribution in [0, 0.1) is 17.1 Å². The summed E-state index contributed by atoms with van der Waals surface area (Å²) >= 11 is 1.80. The van der Waals surface area contributed by atoms with Crippen LogP contribution < -0.4 is 0 Å². The predicted molar refractivity (Wildman–Crippen MR) is 53.5 cm³/mol. The van der Waals surface area contributed by atoms with Crippen LogP contribution in [0.5, 0.6) is 0 Å². The van der Waals surface area contributed by atoms with Crippen molar-refractivity contribution >= 4 is 11.8 Å². The molecule has 0 atom stereocenters. The van der Waals surface area contributed by atoms with E-state index in [9.17, 15) is 0 Å². The van der Waals surface area contributed by atoms with Crippen molar-refractivity contribution in [2.24, 2.45) is 10.8 Å². The molecule has 1 aliphatic carbocycles. The molecule has 1 saturated carbocycles. The van der Waals surface area contributed by atoms with Crippen molar-refractivity contribution in [1.82, 2.24) is 0 Å². The van der Waals surface area contributed by atoms with Crippen LogP contribution in [-0.2, 0) is 0 Å². The molecule has 0 bridgehead atoms. The number of thioether (sulfide) groups is 1. The zero-order valence-electron chi connectivity index (χ0n) is 8.11. The van der Waals surface area contributed by atoms with Gasteiger partial charge in [-0.3, -0.25) is 0 Å². The van der Waals surface area contributed by atoms with Crippen LogP contribution in [0.2, 0.25) is 0 Å². The van der Waals surface area contributed by atoms with E-state index in [4.69, 9.17) is 0 Å². The summed E-state index contributed by atoms with van der Waals surface area (Å²) in [6.07, 6.45) is 6.68. The van der Waals surface area contributed by atoms with E-state index in [1.807, 2.05) is 0 Å². The molecule has 1 radical (unpaired) electrons. The number of hydrogen-bond donors (Lipinski definition) is 0. The summed E-state index contributed by atoms with van der Waals surface area (Å²) in [5, 5.41) is 0.731. The van der Waals surface area contributed by atoms with Crippen molar-refractivity contribution in [1.29, 1.82) is 0 Å². The van der Waals surface area contributed by atoms with Gasteiger partial charge in [0.15, 0.2) is 0 Å². The second kappa shape index (κ2) is 2.69. The number of hydrogen-bond acceptors (Lipinski definition) is 1. The van der Waals surface area contributed by atoms with Gasteiger partial charge in [0.2, 0.25) is 0 Å². The van der Waals surface area contributed by atoms with E-state index in [2.05, 4.69) is 34.0 Å². The van der Waals surface area contributed by atoms with Crippen molar-refractivity contribution in [3.8, 4) is 0 Å². The minimum absolute atomic E-state index is 0.496. The molecule has 11 heavy (non-hydrogen) atoms. The van der Waals surface area contributed by atoms with Gasteiger partial charge in [0, 0.05) is 11.5 Å². The summed E-state index contributed by atoms with van der Waals surface area (Å²) in [5.41, 5.74) is 0.992. The SMILES string of the molecule is [CH2]SC1C(C)(C)CCC1(C)C. The fourth-order valence-corrected chi connectivity index (χ4v) is 3.55. The van der Waals surface area contributed by atoms with Crippen LogP contribution in [-0.4, -0.2) is 5.25 Å². The third-order valence-corrected chi connectivity index (χ3v) is 4.61. The quantitative estimate of drug-likeness (QED) is 0.579. The van der Waals surface area contributed by atoms with E-state index in [-0.39, 0.29) is 0 Å². The van der Waals surface area contributed by atoms with E-state index >= 15 is 0 Å². The summed E-state index contributed by atoms with van der Waals surface area (Å²) in [4.78, 5) is 0. The lowest BCUT2D eigenvalue weighted by Gasteiger charge is -2.33. The van der Waals surface area contributed by atoms with Crippen LogP contribution in [0.4, 0.5) is 0 Å². The van der Waals surface area contributed by atoms with E-state index < -0.39 is 0 Å². The topological polar surface area (TPSA) is 0 Å². The molecule has 0 spiro atoms. The second-order valence-corrected chi connectivity index (χ2v) is 5.83. The van der Waals surface area contributed by atoms with Gasteiger partial charge in [-0.25, -0.2) is 0 Å². The van der Waals surface area contributed by atoms with E-state index in [0.29, 0.717) is 10.8 Å². The predicted octanol–water partition coefficient (Wildman–Crippen LogP) is 3.73. The van der Waals surface area contributed by atoms with Gasteiger partial charge in [-0.2, -0.15) is 11.8 Å². The summed E-state index contributed by atoms with van der Waals surface area (Å²) in [6, 6.07) is 0. The van der Waals surface area contributed by atoms with Crippen molar-refractivity contribution in [3.63, 3.8) is 0 Å². The minimum atomic E-state index is 0.496. The van der Waals surface area contributed by atoms with Gasteiger partial charge in [-0.05, 0) is 23.7 Å². The van der Waals surface area contributed by atoms with Crippen LogP contribution in [0.3, 0.4) is 0 Å². The molecule has 0 saturated heterocycles. The highest BCUT2D eigenvalue weighted by Gasteiger charge is 2.46. The van der Waals surface area contributed by atoms with Crippen LogP contribution in [0.1, 0.15) is 40.5 Å². The average molecular weight is 171 g/mol. The largest absolute Gasteiger partial charge is 0.157 e. The first kappa shape index (κ1) is 9.44. The van der Waals surface area contributed by atoms with Gasteiger partial charge < -0.3 is 0 Å². The first-order valence-electron chi connectivity index (χ1n) is 4.31. The molecule has 1 rings (SSSR count). The van der Waals surface area contributed by atoms with Gasteiger partial charge in [0.05, 0.1) is 0 Å². The van der Waals surface area contributed by atoms with Crippen molar-refractivity contribution in [3.05, 3.63) is 6.26 Å². The summed E-state index contributed by atoms with van der Waals surface area (Å²) in [5.74, 6) is 0. The zero-order chi connectivity index (χ0) is 8.70. The highest BCUT2D eigenvalue weighted by atomic mass is 32.2. The van der Waals surface area contributed by atoms with Crippen LogP contribution in [0.15, 0.2) is 0 Å². The molecule has 65 valence electrons. The molecule has 0 aromatic heterocycles. The van der Waals surface area contributed by atoms with E-state index in [1.165, 1.54) is 12.8 Å². The van der Waals surface area contributed by atoms with Crippen molar-refractivity contribution in [2.75, 3.05) is 0 Å². The van der Waals surface area contributed by atoms with Crippen LogP contribution >= 0.6 is 11.8 Å². The molecule has 0 heterocycles. The minimum Gasteiger partial charge on any atom is -0.157 e. The standard InChI is InChI=1S/C10H19S/c1-9(2)6-7-10(3,4)8(9)11-5/h8H,5-7H2,1-4H3. The molecule has 0 nitrogen and oxygen atoms in total. The Labute approximate surface area is 75.1 Å². The Kier molecular flexibility index (Phi) is 2.31. The Hall–Kier alpha value is 0.350. The van der Waals surface area contributed by atoms with Crippen LogP contribution in [0.25, 0.3) is 0 Å². The monoisotopic (exact) mass is 171 g/mol. The third kappa shape index (κ3) is 1.58. The first-order valence-corrected chi connectivity index (χ1v) is 5.36. The molecular weight excluding hydrogens is 152 g/mol. The Morgan fingerprint density at radius 1 is 1.09 bits per heavy atom. The van der Waals surface area contributed by atoms with Crippen molar-refractivity contribution in [2.45, 2.75) is 45.8 Å². The Morgan fingerprint density at radius 2 is 1.45 bits per heavy atom. The van der Waals surface area contributed by atoms with Gasteiger partial charge in [0.1, 0.15) is 0 Å². The lowest BCUT2D eigenvalue weighted by Crippen LogP contribution is -2.29. The van der Waals surface area contributed by atoms with Gasteiger partial charge in [-0.1, -0.05) is 27.7 Å². The Bertz CT molecular complexity index is 131. The van der Waals surface area contributed by atoms with E-state index in [1.54, 1.807) is 11.8 Å². The maximum Gasteiger partial charge on any atom is 0.0150 e. The highest BCUT2D eigenvalue weighted by molar-refractivity contribution is 8.01. The van der Waals surface area contributed by atoms with Crippen molar-refractivity contribution < 1.29 is 0 Å². The summed E-state index contributed by atoms with van der Waals surface area (Å²) < 4.78 is 0. The third-order valence-electron chi connectivity index (χ3n) is 3.00. The maximum absolute atomic E-state index is 3.98. The molecule has 0 N–H and O–H groups in total. The lowest BCUT2D eigenvalue weighted by atomic mass is 9.84. The lowest BCUT2D eigenvalue weighted by molar-refractivity contribution is 0.322.